The van der Waals surface area contributed by atoms with Gasteiger partial charge in [-0.25, -0.2) is 0 Å². The Hall–Kier alpha value is 0.310. The minimum Gasteiger partial charge on any atom is -0.300 e. The summed E-state index contributed by atoms with van der Waals surface area (Å²) in [6.45, 7) is 2.71. The molecule has 0 spiro atoms. The van der Waals surface area contributed by atoms with E-state index in [1.54, 1.807) is 0 Å². The van der Waals surface area contributed by atoms with E-state index in [0.717, 1.165) is 17.7 Å². The predicted octanol–water partition coefficient (Wildman–Crippen LogP) is 2.18. The molecule has 0 amide bonds. The lowest BCUT2D eigenvalue weighted by Gasteiger charge is -2.44. The first-order valence-corrected chi connectivity index (χ1v) is 5.90. The summed E-state index contributed by atoms with van der Waals surface area (Å²) in [4.78, 5) is 2.70. The van der Waals surface area contributed by atoms with Crippen molar-refractivity contribution in [1.82, 2.24) is 4.90 Å². The third-order valence-electron chi connectivity index (χ3n) is 3.46. The van der Waals surface area contributed by atoms with Gasteiger partial charge in [-0.15, -0.1) is 0 Å². The van der Waals surface area contributed by atoms with E-state index in [1.165, 1.54) is 45.2 Å². The Morgan fingerprint density at radius 3 is 2.75 bits per heavy atom. The van der Waals surface area contributed by atoms with E-state index in [1.807, 2.05) is 0 Å². The molecule has 0 N–H and O–H groups in total. The molecular weight excluding hydrogens is 166 g/mol. The average Bonchev–Trinajstić information content (AvgIpc) is 2.17. The normalized spacial score (nSPS) is 37.8. The largest absolute Gasteiger partial charge is 0.300 e. The van der Waals surface area contributed by atoms with Crippen molar-refractivity contribution in [2.24, 2.45) is 5.92 Å². The zero-order valence-electron chi connectivity index (χ0n) is 7.71. The van der Waals surface area contributed by atoms with Crippen molar-refractivity contribution in [1.29, 1.82) is 0 Å². The highest BCUT2D eigenvalue weighted by atomic mass is 32.1. The second kappa shape index (κ2) is 4.01. The Balaban J connectivity index is 1.99. The Morgan fingerprint density at radius 1 is 1.08 bits per heavy atom. The first-order chi connectivity index (χ1) is 5.92. The van der Waals surface area contributed by atoms with Gasteiger partial charge in [-0.2, -0.15) is 12.6 Å². The minimum absolute atomic E-state index is 0.891. The van der Waals surface area contributed by atoms with Crippen LogP contribution in [0.3, 0.4) is 0 Å². The first-order valence-electron chi connectivity index (χ1n) is 5.26. The van der Waals surface area contributed by atoms with Gasteiger partial charge in [-0.05, 0) is 50.4 Å². The molecule has 0 aromatic rings. The second-order valence-electron chi connectivity index (χ2n) is 4.18. The lowest BCUT2D eigenvalue weighted by molar-refractivity contribution is 0.0694. The van der Waals surface area contributed by atoms with E-state index in [9.17, 15) is 0 Å². The number of hydrogen-bond acceptors (Lipinski definition) is 2. The fraction of sp³-hybridized carbons (Fsp3) is 1.00. The van der Waals surface area contributed by atoms with Crippen LogP contribution in [-0.4, -0.2) is 29.8 Å². The number of rotatable bonds is 1. The molecule has 2 fully saturated rings. The maximum absolute atomic E-state index is 4.45. The molecule has 2 aliphatic rings. The van der Waals surface area contributed by atoms with Crippen LogP contribution in [0.4, 0.5) is 0 Å². The second-order valence-corrected chi connectivity index (χ2v) is 4.55. The molecular formula is C10H19NS. The van der Waals surface area contributed by atoms with Crippen LogP contribution in [0, 0.1) is 5.92 Å². The van der Waals surface area contributed by atoms with Crippen molar-refractivity contribution >= 4 is 12.6 Å². The fourth-order valence-electron chi connectivity index (χ4n) is 2.79. The molecule has 2 heteroatoms. The Labute approximate surface area is 80.9 Å². The third-order valence-corrected chi connectivity index (χ3v) is 3.93. The molecule has 2 saturated heterocycles. The molecule has 2 heterocycles. The van der Waals surface area contributed by atoms with E-state index in [4.69, 9.17) is 0 Å². The van der Waals surface area contributed by atoms with E-state index in [0.29, 0.717) is 0 Å². The van der Waals surface area contributed by atoms with Gasteiger partial charge in [0, 0.05) is 6.04 Å². The summed E-state index contributed by atoms with van der Waals surface area (Å²) in [5.41, 5.74) is 0. The van der Waals surface area contributed by atoms with Gasteiger partial charge in [0.15, 0.2) is 0 Å². The summed E-state index contributed by atoms with van der Waals surface area (Å²) in [6, 6.07) is 0.894. The lowest BCUT2D eigenvalue weighted by Crippen LogP contribution is -2.48. The molecule has 0 aromatic heterocycles. The summed E-state index contributed by atoms with van der Waals surface area (Å²) in [5, 5.41) is 0. The van der Waals surface area contributed by atoms with Gasteiger partial charge < -0.3 is 4.90 Å². The zero-order chi connectivity index (χ0) is 8.39. The number of thiol groups is 1. The molecule has 2 aliphatic heterocycles. The van der Waals surface area contributed by atoms with Gasteiger partial charge in [-0.1, -0.05) is 6.42 Å². The Bertz CT molecular complexity index is 140. The molecule has 0 saturated carbocycles. The highest BCUT2D eigenvalue weighted by molar-refractivity contribution is 7.80. The van der Waals surface area contributed by atoms with Gasteiger partial charge in [0.2, 0.25) is 0 Å². The van der Waals surface area contributed by atoms with Crippen molar-refractivity contribution in [3.63, 3.8) is 0 Å². The van der Waals surface area contributed by atoms with Gasteiger partial charge >= 0.3 is 0 Å². The summed E-state index contributed by atoms with van der Waals surface area (Å²) in [5.74, 6) is 1.99. The van der Waals surface area contributed by atoms with E-state index in [-0.39, 0.29) is 0 Å². The van der Waals surface area contributed by atoms with Crippen LogP contribution >= 0.6 is 12.6 Å². The molecule has 2 atom stereocenters. The summed E-state index contributed by atoms with van der Waals surface area (Å²) < 4.78 is 0. The Morgan fingerprint density at radius 2 is 1.92 bits per heavy atom. The number of nitrogens with zero attached hydrogens (tertiary/aromatic N) is 1. The fourth-order valence-corrected chi connectivity index (χ4v) is 3.22. The van der Waals surface area contributed by atoms with Crippen molar-refractivity contribution < 1.29 is 0 Å². The Kier molecular flexibility index (Phi) is 2.97. The van der Waals surface area contributed by atoms with Crippen LogP contribution < -0.4 is 0 Å². The molecule has 70 valence electrons. The average molecular weight is 185 g/mol. The monoisotopic (exact) mass is 185 g/mol. The smallest absolute Gasteiger partial charge is 0.0131 e. The van der Waals surface area contributed by atoms with Crippen LogP contribution in [0.1, 0.15) is 32.1 Å². The van der Waals surface area contributed by atoms with Crippen LogP contribution in [0.15, 0.2) is 0 Å². The van der Waals surface area contributed by atoms with Gasteiger partial charge in [0.25, 0.3) is 0 Å². The summed E-state index contributed by atoms with van der Waals surface area (Å²) >= 11 is 4.45. The standard InChI is InChI=1S/C10H19NS/c12-8-9-4-3-7-11-6-2-1-5-10(9)11/h9-10,12H,1-8H2. The molecule has 2 unspecified atom stereocenters. The molecule has 0 aromatic carbocycles. The van der Waals surface area contributed by atoms with Crippen LogP contribution in [0.25, 0.3) is 0 Å². The third kappa shape index (κ3) is 1.64. The highest BCUT2D eigenvalue weighted by Crippen LogP contribution is 2.31. The lowest BCUT2D eigenvalue weighted by atomic mass is 9.85. The number of fused-ring (bicyclic) bond motifs is 1. The number of hydrogen-bond donors (Lipinski definition) is 1. The van der Waals surface area contributed by atoms with Crippen molar-refractivity contribution in [2.75, 3.05) is 18.8 Å². The highest BCUT2D eigenvalue weighted by Gasteiger charge is 2.31. The zero-order valence-corrected chi connectivity index (χ0v) is 8.60. The van der Waals surface area contributed by atoms with Gasteiger partial charge in [0.05, 0.1) is 0 Å². The number of piperidine rings is 2. The first kappa shape index (κ1) is 8.89. The van der Waals surface area contributed by atoms with Crippen LogP contribution in [0.2, 0.25) is 0 Å². The predicted molar refractivity (Wildman–Crippen MR) is 55.8 cm³/mol. The van der Waals surface area contributed by atoms with Crippen molar-refractivity contribution in [3.05, 3.63) is 0 Å². The van der Waals surface area contributed by atoms with Crippen LogP contribution in [-0.2, 0) is 0 Å². The molecule has 2 rings (SSSR count). The maximum Gasteiger partial charge on any atom is 0.0131 e. The van der Waals surface area contributed by atoms with Crippen molar-refractivity contribution in [2.45, 2.75) is 38.1 Å². The van der Waals surface area contributed by atoms with E-state index >= 15 is 0 Å². The molecule has 0 aliphatic carbocycles. The SMILES string of the molecule is SCC1CCCN2CCCCC12. The minimum atomic E-state index is 0.891. The van der Waals surface area contributed by atoms with Crippen molar-refractivity contribution in [3.8, 4) is 0 Å². The molecule has 1 nitrogen and oxygen atoms in total. The molecule has 0 radical (unpaired) electrons. The van der Waals surface area contributed by atoms with E-state index in [2.05, 4.69) is 17.5 Å². The maximum atomic E-state index is 4.45. The van der Waals surface area contributed by atoms with Gasteiger partial charge in [-0.3, -0.25) is 0 Å². The topological polar surface area (TPSA) is 3.24 Å². The molecule has 0 bridgehead atoms. The summed E-state index contributed by atoms with van der Waals surface area (Å²) in [7, 11) is 0. The quantitative estimate of drug-likeness (QED) is 0.613. The van der Waals surface area contributed by atoms with Crippen LogP contribution in [0.5, 0.6) is 0 Å². The van der Waals surface area contributed by atoms with E-state index < -0.39 is 0 Å². The molecule has 12 heavy (non-hydrogen) atoms. The van der Waals surface area contributed by atoms with Gasteiger partial charge in [0.1, 0.15) is 0 Å². The summed E-state index contributed by atoms with van der Waals surface area (Å²) in [6.07, 6.45) is 7.14.